The number of benzene rings is 2. The molecule has 0 aliphatic rings. The molecule has 0 aliphatic carbocycles. The number of nitrogens with zero attached hydrogens (tertiary/aromatic N) is 2. The van der Waals surface area contributed by atoms with Crippen LogP contribution in [0.2, 0.25) is 0 Å². The molecule has 1 aromatic heterocycles. The lowest BCUT2D eigenvalue weighted by Gasteiger charge is -2.31. The highest BCUT2D eigenvalue weighted by molar-refractivity contribution is 7.09. The molecule has 0 saturated heterocycles. The first-order chi connectivity index (χ1) is 16.7. The number of hydrogen-bond acceptors (Lipinski definition) is 9. The number of nitrogens with one attached hydrogen (secondary N) is 1. The Morgan fingerprint density at radius 3 is 2.34 bits per heavy atom. The molecule has 2 aromatic carbocycles. The number of carbonyl (C=O) groups is 4. The van der Waals surface area contributed by atoms with Gasteiger partial charge in [0.2, 0.25) is 5.91 Å². The second-order valence-electron chi connectivity index (χ2n) is 7.17. The lowest BCUT2D eigenvalue weighted by atomic mass is 10.0. The van der Waals surface area contributed by atoms with Gasteiger partial charge in [-0.25, -0.2) is 0 Å². The first-order valence-corrected chi connectivity index (χ1v) is 11.2. The molecule has 182 valence electrons. The van der Waals surface area contributed by atoms with Crippen molar-refractivity contribution in [1.29, 1.82) is 0 Å². The first-order valence-electron chi connectivity index (χ1n) is 10.4. The summed E-state index contributed by atoms with van der Waals surface area (Å²) in [4.78, 5) is 51.7. The van der Waals surface area contributed by atoms with Crippen LogP contribution in [0, 0.1) is 0 Å². The minimum atomic E-state index is -1.29. The fourth-order valence-corrected chi connectivity index (χ4v) is 4.00. The summed E-state index contributed by atoms with van der Waals surface area (Å²) in [6, 6.07) is 12.7. The van der Waals surface area contributed by atoms with E-state index in [0.29, 0.717) is 22.8 Å². The molecular weight excluding hydrogens is 474 g/mol. The third kappa shape index (κ3) is 5.73. The SMILES string of the molecule is CCOC(=O)CNC(=O)C(c1ccc(O)cc1)N(C(=O)c1snc(C(N)=O)c1N)c1ccccc1. The average Bonchev–Trinajstić information content (AvgIpc) is 3.23. The zero-order chi connectivity index (χ0) is 25.5. The number of nitrogens with two attached hydrogens (primary N) is 2. The Bertz CT molecular complexity index is 1230. The largest absolute Gasteiger partial charge is 0.508 e. The molecule has 0 radical (unpaired) electrons. The van der Waals surface area contributed by atoms with Gasteiger partial charge in [-0.3, -0.25) is 24.1 Å². The second-order valence-corrected chi connectivity index (χ2v) is 7.94. The number of primary amides is 1. The van der Waals surface area contributed by atoms with E-state index < -0.39 is 36.3 Å². The Morgan fingerprint density at radius 1 is 1.11 bits per heavy atom. The summed E-state index contributed by atoms with van der Waals surface area (Å²) in [5, 5.41) is 12.2. The molecule has 11 nitrogen and oxygen atoms in total. The van der Waals surface area contributed by atoms with Gasteiger partial charge in [0, 0.05) is 5.69 Å². The smallest absolute Gasteiger partial charge is 0.325 e. The molecule has 0 aliphatic heterocycles. The highest BCUT2D eigenvalue weighted by Crippen LogP contribution is 2.33. The number of para-hydroxylation sites is 1. The van der Waals surface area contributed by atoms with Gasteiger partial charge in [0.15, 0.2) is 5.69 Å². The monoisotopic (exact) mass is 497 g/mol. The molecule has 0 fully saturated rings. The van der Waals surface area contributed by atoms with Crippen LogP contribution in [0.4, 0.5) is 11.4 Å². The molecule has 1 heterocycles. The third-order valence-corrected chi connectivity index (χ3v) is 5.69. The zero-order valence-corrected chi connectivity index (χ0v) is 19.5. The van der Waals surface area contributed by atoms with Gasteiger partial charge >= 0.3 is 5.97 Å². The maximum Gasteiger partial charge on any atom is 0.325 e. The summed E-state index contributed by atoms with van der Waals surface area (Å²) < 4.78 is 8.74. The molecule has 0 bridgehead atoms. The zero-order valence-electron chi connectivity index (χ0n) is 18.6. The molecule has 0 spiro atoms. The molecule has 0 saturated carbocycles. The molecule has 1 unspecified atom stereocenters. The Kier molecular flexibility index (Phi) is 8.00. The molecule has 35 heavy (non-hydrogen) atoms. The summed E-state index contributed by atoms with van der Waals surface area (Å²) in [7, 11) is 0. The molecule has 6 N–H and O–H groups in total. The van der Waals surface area contributed by atoms with Crippen molar-refractivity contribution < 1.29 is 29.0 Å². The van der Waals surface area contributed by atoms with E-state index in [-0.39, 0.29) is 28.6 Å². The molecular formula is C23H23N5O6S. The van der Waals surface area contributed by atoms with Crippen molar-refractivity contribution in [2.75, 3.05) is 23.8 Å². The maximum absolute atomic E-state index is 13.8. The number of esters is 1. The first kappa shape index (κ1) is 25.2. The van der Waals surface area contributed by atoms with Gasteiger partial charge in [-0.1, -0.05) is 30.3 Å². The minimum Gasteiger partial charge on any atom is -0.508 e. The molecule has 3 aromatic rings. The number of aromatic hydroxyl groups is 1. The van der Waals surface area contributed by atoms with E-state index >= 15 is 0 Å². The minimum absolute atomic E-state index is 0.0465. The summed E-state index contributed by atoms with van der Waals surface area (Å²) in [5.74, 6) is -3.01. The van der Waals surface area contributed by atoms with Crippen molar-refractivity contribution in [2.45, 2.75) is 13.0 Å². The van der Waals surface area contributed by atoms with Crippen LogP contribution in [0.25, 0.3) is 0 Å². The Balaban J connectivity index is 2.12. The van der Waals surface area contributed by atoms with Crippen LogP contribution in [-0.2, 0) is 14.3 Å². The van der Waals surface area contributed by atoms with Crippen molar-refractivity contribution in [2.24, 2.45) is 5.73 Å². The van der Waals surface area contributed by atoms with Crippen molar-refractivity contribution >= 4 is 46.6 Å². The highest BCUT2D eigenvalue weighted by Gasteiger charge is 2.36. The number of phenols is 1. The number of ether oxygens (including phenoxy) is 1. The Morgan fingerprint density at radius 2 is 1.77 bits per heavy atom. The third-order valence-electron chi connectivity index (χ3n) is 4.84. The van der Waals surface area contributed by atoms with Gasteiger partial charge in [0.25, 0.3) is 11.8 Å². The number of anilines is 2. The van der Waals surface area contributed by atoms with Crippen molar-refractivity contribution in [3.63, 3.8) is 0 Å². The highest BCUT2D eigenvalue weighted by atomic mass is 32.1. The van der Waals surface area contributed by atoms with Crippen LogP contribution in [-0.4, -0.2) is 46.3 Å². The summed E-state index contributed by atoms with van der Waals surface area (Å²) >= 11 is 0.674. The summed E-state index contributed by atoms with van der Waals surface area (Å²) in [5.41, 5.74) is 11.5. The summed E-state index contributed by atoms with van der Waals surface area (Å²) in [6.07, 6.45) is 0. The van der Waals surface area contributed by atoms with Crippen molar-refractivity contribution in [1.82, 2.24) is 9.69 Å². The van der Waals surface area contributed by atoms with Gasteiger partial charge in [-0.15, -0.1) is 0 Å². The van der Waals surface area contributed by atoms with Crippen LogP contribution in [0.1, 0.15) is 38.7 Å². The van der Waals surface area contributed by atoms with E-state index in [1.54, 1.807) is 37.3 Å². The van der Waals surface area contributed by atoms with E-state index in [1.807, 2.05) is 0 Å². The number of carbonyl (C=O) groups excluding carboxylic acids is 4. The van der Waals surface area contributed by atoms with E-state index in [2.05, 4.69) is 9.69 Å². The van der Waals surface area contributed by atoms with Crippen LogP contribution < -0.4 is 21.7 Å². The predicted molar refractivity (Wildman–Crippen MR) is 129 cm³/mol. The number of hydrogen-bond donors (Lipinski definition) is 4. The van der Waals surface area contributed by atoms with Gasteiger partial charge in [0.05, 0.1) is 12.3 Å². The number of rotatable bonds is 9. The van der Waals surface area contributed by atoms with E-state index in [1.165, 1.54) is 29.2 Å². The Labute approximate surface area is 204 Å². The van der Waals surface area contributed by atoms with Gasteiger partial charge in [0.1, 0.15) is 23.2 Å². The van der Waals surface area contributed by atoms with Crippen molar-refractivity contribution in [3.05, 3.63) is 70.7 Å². The molecule has 3 amide bonds. The quantitative estimate of drug-likeness (QED) is 0.322. The van der Waals surface area contributed by atoms with Crippen molar-refractivity contribution in [3.8, 4) is 5.75 Å². The second kappa shape index (κ2) is 11.1. The fourth-order valence-electron chi connectivity index (χ4n) is 3.25. The normalized spacial score (nSPS) is 11.3. The van der Waals surface area contributed by atoms with Crippen LogP contribution in [0.5, 0.6) is 5.75 Å². The standard InChI is InChI=1S/C23H23N5O6S/c1-2-34-16(30)12-26-22(32)19(13-8-10-15(29)11-9-13)28(14-6-4-3-5-7-14)23(33)20-17(24)18(21(25)31)27-35-20/h3-11,19,29H,2,12,24H2,1H3,(H2,25,31)(H,26,32). The van der Waals surface area contributed by atoms with Crippen LogP contribution in [0.3, 0.4) is 0 Å². The fraction of sp³-hybridized carbons (Fsp3) is 0.174. The summed E-state index contributed by atoms with van der Waals surface area (Å²) in [6.45, 7) is 1.35. The van der Waals surface area contributed by atoms with Crippen LogP contribution in [0.15, 0.2) is 54.6 Å². The maximum atomic E-state index is 13.8. The van der Waals surface area contributed by atoms with E-state index in [0.717, 1.165) is 0 Å². The van der Waals surface area contributed by atoms with Gasteiger partial charge in [-0.2, -0.15) is 4.37 Å². The molecule has 3 rings (SSSR count). The number of amides is 3. The predicted octanol–water partition coefficient (Wildman–Crippen LogP) is 1.60. The van der Waals surface area contributed by atoms with E-state index in [9.17, 15) is 24.3 Å². The van der Waals surface area contributed by atoms with E-state index in [4.69, 9.17) is 16.2 Å². The number of aromatic nitrogens is 1. The number of phenolic OH excluding ortho intramolecular Hbond substituents is 1. The Hall–Kier alpha value is -4.45. The average molecular weight is 498 g/mol. The lowest BCUT2D eigenvalue weighted by Crippen LogP contribution is -2.45. The number of nitrogen functional groups attached to an aromatic ring is 1. The topological polar surface area (TPSA) is 178 Å². The van der Waals surface area contributed by atoms with Gasteiger partial charge in [-0.05, 0) is 48.3 Å². The van der Waals surface area contributed by atoms with Crippen LogP contribution >= 0.6 is 11.5 Å². The van der Waals surface area contributed by atoms with Gasteiger partial charge < -0.3 is 26.6 Å². The molecule has 12 heteroatoms. The lowest BCUT2D eigenvalue weighted by molar-refractivity contribution is -0.143. The molecule has 1 atom stereocenters.